The summed E-state index contributed by atoms with van der Waals surface area (Å²) in [6.07, 6.45) is 0.702. The summed E-state index contributed by atoms with van der Waals surface area (Å²) >= 11 is 5.95. The molecule has 0 radical (unpaired) electrons. The Hall–Kier alpha value is -2.37. The molecule has 0 aromatic heterocycles. The van der Waals surface area contributed by atoms with E-state index in [1.807, 2.05) is 54.6 Å². The Bertz CT molecular complexity index is 677. The van der Waals surface area contributed by atoms with E-state index in [4.69, 9.17) is 17.3 Å². The molecule has 5 nitrogen and oxygen atoms in total. The SMILES string of the molecule is NC(=O)NC(=O)[C@@H](NCCc1cccc(Cl)c1)c1ccccc1. The predicted octanol–water partition coefficient (Wildman–Crippen LogP) is 2.41. The van der Waals surface area contributed by atoms with E-state index in [1.165, 1.54) is 0 Å². The molecule has 0 aliphatic rings. The van der Waals surface area contributed by atoms with E-state index in [1.54, 1.807) is 0 Å². The molecule has 0 fully saturated rings. The van der Waals surface area contributed by atoms with Crippen molar-refractivity contribution in [2.75, 3.05) is 6.54 Å². The van der Waals surface area contributed by atoms with Gasteiger partial charge in [0.05, 0.1) is 0 Å². The minimum Gasteiger partial charge on any atom is -0.351 e. The molecule has 0 aliphatic heterocycles. The smallest absolute Gasteiger partial charge is 0.318 e. The zero-order chi connectivity index (χ0) is 16.7. The van der Waals surface area contributed by atoms with Gasteiger partial charge in [0.15, 0.2) is 0 Å². The lowest BCUT2D eigenvalue weighted by atomic mass is 10.1. The summed E-state index contributed by atoms with van der Waals surface area (Å²) < 4.78 is 0. The summed E-state index contributed by atoms with van der Waals surface area (Å²) in [5, 5.41) is 5.94. The number of carbonyl (C=O) groups is 2. The van der Waals surface area contributed by atoms with Crippen LogP contribution in [0.15, 0.2) is 54.6 Å². The molecule has 2 aromatic rings. The molecule has 0 bridgehead atoms. The van der Waals surface area contributed by atoms with Crippen molar-refractivity contribution in [3.8, 4) is 0 Å². The normalized spacial score (nSPS) is 11.7. The van der Waals surface area contributed by atoms with Crippen molar-refractivity contribution in [2.45, 2.75) is 12.5 Å². The number of hydrogen-bond donors (Lipinski definition) is 3. The zero-order valence-electron chi connectivity index (χ0n) is 12.5. The molecule has 2 aromatic carbocycles. The molecule has 3 amide bonds. The van der Waals surface area contributed by atoms with Gasteiger partial charge in [-0.15, -0.1) is 0 Å². The van der Waals surface area contributed by atoms with Gasteiger partial charge in [-0.1, -0.05) is 54.1 Å². The summed E-state index contributed by atoms with van der Waals surface area (Å²) in [6, 6.07) is 15.2. The van der Waals surface area contributed by atoms with Crippen LogP contribution >= 0.6 is 11.6 Å². The minimum atomic E-state index is -0.868. The Morgan fingerprint density at radius 2 is 1.83 bits per heavy atom. The van der Waals surface area contributed by atoms with Crippen LogP contribution in [0.5, 0.6) is 0 Å². The maximum atomic E-state index is 12.2. The molecular weight excluding hydrogens is 314 g/mol. The number of carbonyl (C=O) groups excluding carboxylic acids is 2. The molecular formula is C17H18ClN3O2. The van der Waals surface area contributed by atoms with E-state index in [0.29, 0.717) is 18.0 Å². The quantitative estimate of drug-likeness (QED) is 0.760. The molecule has 0 saturated carbocycles. The highest BCUT2D eigenvalue weighted by atomic mass is 35.5. The first kappa shape index (κ1) is 17.0. The molecule has 0 unspecified atom stereocenters. The number of benzene rings is 2. The van der Waals surface area contributed by atoms with Crippen molar-refractivity contribution in [2.24, 2.45) is 5.73 Å². The van der Waals surface area contributed by atoms with E-state index in [2.05, 4.69) is 10.6 Å². The van der Waals surface area contributed by atoms with E-state index in [0.717, 1.165) is 11.1 Å². The summed E-state index contributed by atoms with van der Waals surface area (Å²) in [5.41, 5.74) is 6.86. The van der Waals surface area contributed by atoms with Crippen molar-refractivity contribution in [1.29, 1.82) is 0 Å². The fraction of sp³-hybridized carbons (Fsp3) is 0.176. The fourth-order valence-corrected chi connectivity index (χ4v) is 2.47. The Labute approximate surface area is 139 Å². The predicted molar refractivity (Wildman–Crippen MR) is 90.1 cm³/mol. The fourth-order valence-electron chi connectivity index (χ4n) is 2.25. The van der Waals surface area contributed by atoms with Crippen LogP contribution in [0, 0.1) is 0 Å². The average Bonchev–Trinajstić information content (AvgIpc) is 2.51. The van der Waals surface area contributed by atoms with Gasteiger partial charge in [-0.3, -0.25) is 10.1 Å². The molecule has 0 heterocycles. The first-order valence-electron chi connectivity index (χ1n) is 7.19. The summed E-state index contributed by atoms with van der Waals surface area (Å²) in [7, 11) is 0. The van der Waals surface area contributed by atoms with Gasteiger partial charge in [0, 0.05) is 11.6 Å². The van der Waals surface area contributed by atoms with Crippen molar-refractivity contribution in [1.82, 2.24) is 10.6 Å². The Morgan fingerprint density at radius 3 is 2.48 bits per heavy atom. The van der Waals surface area contributed by atoms with Gasteiger partial charge >= 0.3 is 6.03 Å². The van der Waals surface area contributed by atoms with Crippen molar-refractivity contribution in [3.05, 3.63) is 70.7 Å². The van der Waals surface area contributed by atoms with Crippen LogP contribution < -0.4 is 16.4 Å². The summed E-state index contributed by atoms with van der Waals surface area (Å²) in [6.45, 7) is 0.548. The van der Waals surface area contributed by atoms with E-state index in [9.17, 15) is 9.59 Å². The van der Waals surface area contributed by atoms with Crippen molar-refractivity contribution < 1.29 is 9.59 Å². The molecule has 4 N–H and O–H groups in total. The van der Waals surface area contributed by atoms with Crippen molar-refractivity contribution >= 4 is 23.5 Å². The lowest BCUT2D eigenvalue weighted by Crippen LogP contribution is -2.43. The number of nitrogens with two attached hydrogens (primary N) is 1. The third-order valence-corrected chi connectivity index (χ3v) is 3.53. The van der Waals surface area contributed by atoms with Gasteiger partial charge in [-0.2, -0.15) is 0 Å². The number of nitrogens with one attached hydrogen (secondary N) is 2. The third kappa shape index (κ3) is 5.39. The van der Waals surface area contributed by atoms with E-state index >= 15 is 0 Å². The topological polar surface area (TPSA) is 84.2 Å². The Morgan fingerprint density at radius 1 is 1.09 bits per heavy atom. The lowest BCUT2D eigenvalue weighted by molar-refractivity contribution is -0.122. The first-order chi connectivity index (χ1) is 11.1. The van der Waals surface area contributed by atoms with Crippen LogP contribution in [0.25, 0.3) is 0 Å². The average molecular weight is 332 g/mol. The largest absolute Gasteiger partial charge is 0.351 e. The monoisotopic (exact) mass is 331 g/mol. The molecule has 120 valence electrons. The standard InChI is InChI=1S/C17H18ClN3O2/c18-14-8-4-5-12(11-14)9-10-20-15(16(22)21-17(19)23)13-6-2-1-3-7-13/h1-8,11,15,20H,9-10H2,(H3,19,21,22,23)/t15-/m0/s1. The van der Waals surface area contributed by atoms with E-state index in [-0.39, 0.29) is 0 Å². The van der Waals surface area contributed by atoms with Crippen LogP contribution in [0.3, 0.4) is 0 Å². The number of halogens is 1. The molecule has 0 saturated heterocycles. The number of hydrogen-bond acceptors (Lipinski definition) is 3. The number of primary amides is 1. The van der Waals surface area contributed by atoms with Crippen LogP contribution in [0.1, 0.15) is 17.2 Å². The third-order valence-electron chi connectivity index (χ3n) is 3.29. The van der Waals surface area contributed by atoms with Crippen LogP contribution in [-0.4, -0.2) is 18.5 Å². The van der Waals surface area contributed by atoms with Crippen molar-refractivity contribution in [3.63, 3.8) is 0 Å². The molecule has 2 rings (SSSR count). The highest BCUT2D eigenvalue weighted by Crippen LogP contribution is 2.14. The summed E-state index contributed by atoms with van der Waals surface area (Å²) in [5.74, 6) is -0.477. The molecule has 6 heteroatoms. The van der Waals surface area contributed by atoms with Crippen LogP contribution in [0.2, 0.25) is 5.02 Å². The van der Waals surface area contributed by atoms with Crippen LogP contribution in [-0.2, 0) is 11.2 Å². The molecule has 0 aliphatic carbocycles. The maximum absolute atomic E-state index is 12.2. The maximum Gasteiger partial charge on any atom is 0.318 e. The molecule has 1 atom stereocenters. The van der Waals surface area contributed by atoms with E-state index < -0.39 is 18.0 Å². The number of amides is 3. The molecule has 23 heavy (non-hydrogen) atoms. The second-order valence-corrected chi connectivity index (χ2v) is 5.47. The van der Waals surface area contributed by atoms with Gasteiger partial charge in [0.2, 0.25) is 5.91 Å². The number of urea groups is 1. The van der Waals surface area contributed by atoms with Gasteiger partial charge in [-0.05, 0) is 29.7 Å². The van der Waals surface area contributed by atoms with Gasteiger partial charge in [0.25, 0.3) is 0 Å². The highest BCUT2D eigenvalue weighted by Gasteiger charge is 2.20. The first-order valence-corrected chi connectivity index (χ1v) is 7.57. The minimum absolute atomic E-state index is 0.477. The number of imide groups is 1. The van der Waals surface area contributed by atoms with Crippen LogP contribution in [0.4, 0.5) is 4.79 Å². The Kier molecular flexibility index (Phi) is 6.14. The zero-order valence-corrected chi connectivity index (χ0v) is 13.2. The number of rotatable bonds is 6. The Balaban J connectivity index is 2.03. The van der Waals surface area contributed by atoms with Gasteiger partial charge in [-0.25, -0.2) is 4.79 Å². The highest BCUT2D eigenvalue weighted by molar-refractivity contribution is 6.30. The molecule has 0 spiro atoms. The van der Waals surface area contributed by atoms with Gasteiger partial charge in [0.1, 0.15) is 6.04 Å². The second kappa shape index (κ2) is 8.31. The summed E-state index contributed by atoms with van der Waals surface area (Å²) in [4.78, 5) is 23.1. The second-order valence-electron chi connectivity index (χ2n) is 5.03. The van der Waals surface area contributed by atoms with Gasteiger partial charge < -0.3 is 11.1 Å². The lowest BCUT2D eigenvalue weighted by Gasteiger charge is -2.18.